The number of esters is 1. The van der Waals surface area contributed by atoms with Gasteiger partial charge in [-0.3, -0.25) is 29.8 Å². The third-order valence-corrected chi connectivity index (χ3v) is 8.72. The second-order valence-corrected chi connectivity index (χ2v) is 15.9. The molecule has 0 aromatic heterocycles. The van der Waals surface area contributed by atoms with E-state index >= 15 is 0 Å². The number of carbonyl (C=O) groups excluding carboxylic acids is 2. The predicted octanol–water partition coefficient (Wildman–Crippen LogP) is 5.62. The van der Waals surface area contributed by atoms with Crippen molar-refractivity contribution in [3.05, 3.63) is 109 Å². The third-order valence-electron chi connectivity index (χ3n) is 7.77. The van der Waals surface area contributed by atoms with E-state index in [9.17, 15) is 29.8 Å². The molecule has 11 nitrogen and oxygen atoms in total. The Bertz CT molecular complexity index is 1590. The van der Waals surface area contributed by atoms with E-state index in [-0.39, 0.29) is 30.7 Å². The van der Waals surface area contributed by atoms with Crippen molar-refractivity contribution in [3.63, 3.8) is 0 Å². The fourth-order valence-electron chi connectivity index (χ4n) is 6.22. The monoisotopic (exact) mass is 589 g/mol. The standard InChI is InChI=1S/C30H31N3O8Si/c1-5-40-28(34)24-17-21-22(15-20(32(36)37)16-26(21)33(38)39)27(41-42(2,3)4)30(24)23-13-9-10-14-25(23)31(29(30)35)18-19-11-7-6-8-12-19/h6-16,24,27H,5,17-18H2,1-4H3/t24-,27+,30-/m1/s1. The molecular formula is C30H31N3O8Si. The van der Waals surface area contributed by atoms with E-state index < -0.39 is 58.9 Å². The topological polar surface area (TPSA) is 142 Å². The van der Waals surface area contributed by atoms with Gasteiger partial charge in [0.25, 0.3) is 11.4 Å². The van der Waals surface area contributed by atoms with Crippen LogP contribution in [0.15, 0.2) is 66.7 Å². The molecule has 2 aliphatic rings. The fourth-order valence-corrected chi connectivity index (χ4v) is 7.24. The Balaban J connectivity index is 1.86. The second kappa shape index (κ2) is 10.8. The summed E-state index contributed by atoms with van der Waals surface area (Å²) in [6, 6.07) is 18.7. The normalized spacial score (nSPS) is 21.1. The lowest BCUT2D eigenvalue weighted by Crippen LogP contribution is -2.57. The van der Waals surface area contributed by atoms with Crippen molar-refractivity contribution < 1.29 is 28.6 Å². The summed E-state index contributed by atoms with van der Waals surface area (Å²) in [7, 11) is -2.59. The van der Waals surface area contributed by atoms with Gasteiger partial charge < -0.3 is 14.1 Å². The Kier molecular flexibility index (Phi) is 7.45. The number of anilines is 1. The number of non-ortho nitro benzene ring substituents is 1. The van der Waals surface area contributed by atoms with E-state index in [0.29, 0.717) is 11.3 Å². The average molecular weight is 590 g/mol. The zero-order valence-corrected chi connectivity index (χ0v) is 24.7. The Hall–Kier alpha value is -4.42. The SMILES string of the molecule is CCOC(=O)[C@H]1Cc2c(cc([N+](=O)[O-])cc2[N+](=O)[O-])[C@H](O[Si](C)(C)C)[C@]12C(=O)N(Cc1ccccc1)c1ccccc12. The van der Waals surface area contributed by atoms with Crippen LogP contribution in [0.3, 0.4) is 0 Å². The average Bonchev–Trinajstić information content (AvgIpc) is 3.17. The smallest absolute Gasteiger partial charge is 0.310 e. The van der Waals surface area contributed by atoms with Gasteiger partial charge in [-0.25, -0.2) is 0 Å². The molecule has 0 saturated carbocycles. The molecule has 218 valence electrons. The van der Waals surface area contributed by atoms with Gasteiger partial charge in [-0.2, -0.15) is 0 Å². The number of fused-ring (bicyclic) bond motifs is 3. The number of nitrogens with zero attached hydrogens (tertiary/aromatic N) is 3. The first-order valence-electron chi connectivity index (χ1n) is 13.7. The largest absolute Gasteiger partial charge is 0.466 e. The first-order valence-corrected chi connectivity index (χ1v) is 17.1. The molecular weight excluding hydrogens is 558 g/mol. The van der Waals surface area contributed by atoms with E-state index in [1.54, 1.807) is 36.1 Å². The van der Waals surface area contributed by atoms with Crippen LogP contribution < -0.4 is 4.90 Å². The lowest BCUT2D eigenvalue weighted by molar-refractivity contribution is -0.394. The maximum Gasteiger partial charge on any atom is 0.310 e. The minimum atomic E-state index is -2.59. The van der Waals surface area contributed by atoms with Gasteiger partial charge in [0.15, 0.2) is 8.32 Å². The van der Waals surface area contributed by atoms with Gasteiger partial charge in [-0.15, -0.1) is 0 Å². The van der Waals surface area contributed by atoms with Crippen molar-refractivity contribution in [1.29, 1.82) is 0 Å². The minimum absolute atomic E-state index is 0.0315. The van der Waals surface area contributed by atoms with Crippen molar-refractivity contribution >= 4 is 37.3 Å². The van der Waals surface area contributed by atoms with E-state index in [4.69, 9.17) is 9.16 Å². The number of nitro benzene ring substituents is 2. The Morgan fingerprint density at radius 2 is 1.69 bits per heavy atom. The quantitative estimate of drug-likeness (QED) is 0.143. The molecule has 42 heavy (non-hydrogen) atoms. The molecule has 3 aromatic carbocycles. The lowest BCUT2D eigenvalue weighted by atomic mass is 9.59. The number of benzene rings is 3. The van der Waals surface area contributed by atoms with Crippen molar-refractivity contribution in [1.82, 2.24) is 0 Å². The number of nitro groups is 2. The zero-order chi connectivity index (χ0) is 30.4. The summed E-state index contributed by atoms with van der Waals surface area (Å²) in [5.41, 5.74) is -0.418. The molecule has 1 spiro atoms. The van der Waals surface area contributed by atoms with Gasteiger partial charge in [-0.05, 0) is 55.7 Å². The second-order valence-electron chi connectivity index (χ2n) is 11.4. The highest BCUT2D eigenvalue weighted by molar-refractivity contribution is 6.69. The van der Waals surface area contributed by atoms with E-state index in [1.807, 2.05) is 50.0 Å². The van der Waals surface area contributed by atoms with Crippen LogP contribution in [0.5, 0.6) is 0 Å². The molecule has 0 N–H and O–H groups in total. The molecule has 12 heteroatoms. The summed E-state index contributed by atoms with van der Waals surface area (Å²) in [5, 5.41) is 24.2. The van der Waals surface area contributed by atoms with Crippen molar-refractivity contribution in [2.24, 2.45) is 5.92 Å². The van der Waals surface area contributed by atoms with Crippen LogP contribution in [0.1, 0.15) is 35.3 Å². The first kappa shape index (κ1) is 29.1. The predicted molar refractivity (Wildman–Crippen MR) is 157 cm³/mol. The van der Waals surface area contributed by atoms with E-state index in [2.05, 4.69) is 0 Å². The molecule has 0 saturated heterocycles. The van der Waals surface area contributed by atoms with Crippen molar-refractivity contribution in [2.45, 2.75) is 51.0 Å². The fraction of sp³-hybridized carbons (Fsp3) is 0.333. The summed E-state index contributed by atoms with van der Waals surface area (Å²) in [5.74, 6) is -2.31. The summed E-state index contributed by atoms with van der Waals surface area (Å²) >= 11 is 0. The number of para-hydroxylation sites is 1. The zero-order valence-electron chi connectivity index (χ0n) is 23.7. The van der Waals surface area contributed by atoms with Crippen LogP contribution in [0.2, 0.25) is 19.6 Å². The van der Waals surface area contributed by atoms with Gasteiger partial charge in [0.1, 0.15) is 5.41 Å². The number of rotatable bonds is 8. The highest BCUT2D eigenvalue weighted by atomic mass is 28.4. The number of ether oxygens (including phenoxy) is 1. The molecule has 0 bridgehead atoms. The molecule has 0 fully saturated rings. The van der Waals surface area contributed by atoms with Crippen LogP contribution in [0, 0.1) is 26.1 Å². The molecule has 3 atom stereocenters. The Labute approximate surface area is 243 Å². The van der Waals surface area contributed by atoms with Crippen molar-refractivity contribution in [2.75, 3.05) is 11.5 Å². The van der Waals surface area contributed by atoms with Crippen molar-refractivity contribution in [3.8, 4) is 0 Å². The highest BCUT2D eigenvalue weighted by Crippen LogP contribution is 2.60. The molecule has 3 aromatic rings. The van der Waals surface area contributed by atoms with Gasteiger partial charge in [0.05, 0.1) is 41.1 Å². The number of hydrogen-bond donors (Lipinski definition) is 0. The molecule has 0 unspecified atom stereocenters. The molecule has 1 aliphatic carbocycles. The van der Waals surface area contributed by atoms with Crippen LogP contribution in [-0.4, -0.2) is 36.6 Å². The maximum absolute atomic E-state index is 15.0. The van der Waals surface area contributed by atoms with Gasteiger partial charge in [0.2, 0.25) is 5.91 Å². The highest BCUT2D eigenvalue weighted by Gasteiger charge is 2.66. The Morgan fingerprint density at radius 1 is 1.02 bits per heavy atom. The summed E-state index contributed by atoms with van der Waals surface area (Å²) in [4.78, 5) is 53.2. The number of carbonyl (C=O) groups is 2. The summed E-state index contributed by atoms with van der Waals surface area (Å²) < 4.78 is 12.2. The van der Waals surface area contributed by atoms with Crippen LogP contribution in [0.25, 0.3) is 0 Å². The minimum Gasteiger partial charge on any atom is -0.466 e. The first-order chi connectivity index (χ1) is 19.9. The molecule has 0 radical (unpaired) electrons. The summed E-state index contributed by atoms with van der Waals surface area (Å²) in [6.45, 7) is 7.57. The van der Waals surface area contributed by atoms with Gasteiger partial charge in [-0.1, -0.05) is 48.5 Å². The number of hydrogen-bond acceptors (Lipinski definition) is 8. The molecule has 1 aliphatic heterocycles. The molecule has 5 rings (SSSR count). The Morgan fingerprint density at radius 3 is 2.31 bits per heavy atom. The van der Waals surface area contributed by atoms with Crippen LogP contribution in [0.4, 0.5) is 17.1 Å². The van der Waals surface area contributed by atoms with Crippen LogP contribution >= 0.6 is 0 Å². The number of amides is 1. The third kappa shape index (κ3) is 4.76. The van der Waals surface area contributed by atoms with Gasteiger partial charge in [0, 0.05) is 17.3 Å². The van der Waals surface area contributed by atoms with E-state index in [0.717, 1.165) is 11.6 Å². The van der Waals surface area contributed by atoms with E-state index in [1.165, 1.54) is 6.07 Å². The summed E-state index contributed by atoms with van der Waals surface area (Å²) in [6.07, 6.45) is -1.46. The maximum atomic E-state index is 15.0. The van der Waals surface area contributed by atoms with Gasteiger partial charge >= 0.3 is 5.97 Å². The molecule has 1 heterocycles. The lowest BCUT2D eigenvalue weighted by Gasteiger charge is -2.47. The van der Waals surface area contributed by atoms with Crippen LogP contribution in [-0.2, 0) is 37.1 Å². The molecule has 1 amide bonds.